The number of nitrogens with zero attached hydrogens (tertiary/aromatic N) is 2. The molecule has 1 heterocycles. The maximum Gasteiger partial charge on any atom is 0.191 e. The van der Waals surface area contributed by atoms with Gasteiger partial charge in [0.2, 0.25) is 0 Å². The van der Waals surface area contributed by atoms with E-state index >= 15 is 0 Å². The Kier molecular flexibility index (Phi) is 12.8. The van der Waals surface area contributed by atoms with Gasteiger partial charge in [0.05, 0.1) is 0 Å². The second kappa shape index (κ2) is 13.4. The number of rotatable bonds is 9. The van der Waals surface area contributed by atoms with Crippen molar-refractivity contribution in [3.8, 4) is 0 Å². The normalized spacial score (nSPS) is 12.5. The van der Waals surface area contributed by atoms with Gasteiger partial charge in [0.15, 0.2) is 5.96 Å². The number of nitrogens with one attached hydrogen (secondary N) is 3. The van der Waals surface area contributed by atoms with E-state index in [0.717, 1.165) is 44.3 Å². The molecule has 0 aromatic carbocycles. The van der Waals surface area contributed by atoms with Gasteiger partial charge in [-0.2, -0.15) is 0 Å². The molecule has 0 fully saturated rings. The van der Waals surface area contributed by atoms with Crippen LogP contribution in [0.3, 0.4) is 0 Å². The van der Waals surface area contributed by atoms with Crippen molar-refractivity contribution in [2.45, 2.75) is 46.6 Å². The van der Waals surface area contributed by atoms with E-state index in [4.69, 9.17) is 0 Å². The SMILES string of the molecule is CCNC(=NCCCCNc1ccccn1)NC(C)C(C)C.I. The Labute approximate surface area is 158 Å². The molecule has 3 N–H and O–H groups in total. The summed E-state index contributed by atoms with van der Waals surface area (Å²) in [7, 11) is 0. The Hall–Kier alpha value is -1.05. The molecule has 0 spiro atoms. The van der Waals surface area contributed by atoms with Crippen LogP contribution >= 0.6 is 24.0 Å². The number of hydrogen-bond donors (Lipinski definition) is 3. The summed E-state index contributed by atoms with van der Waals surface area (Å²) < 4.78 is 0. The number of anilines is 1. The molecule has 1 unspecified atom stereocenters. The first-order chi connectivity index (χ1) is 10.6. The quantitative estimate of drug-likeness (QED) is 0.242. The first kappa shape index (κ1) is 21.9. The molecule has 0 saturated heterocycles. The molecule has 1 atom stereocenters. The number of unbranched alkanes of at least 4 members (excludes halogenated alkanes) is 1. The molecule has 132 valence electrons. The van der Waals surface area contributed by atoms with Gasteiger partial charge in [-0.05, 0) is 44.7 Å². The van der Waals surface area contributed by atoms with Crippen LogP contribution in [0.25, 0.3) is 0 Å². The Morgan fingerprint density at radius 2 is 2.00 bits per heavy atom. The number of aliphatic imine (C=N–C) groups is 1. The molecule has 0 amide bonds. The average molecular weight is 433 g/mol. The lowest BCUT2D eigenvalue weighted by Gasteiger charge is -2.20. The van der Waals surface area contributed by atoms with Crippen molar-refractivity contribution in [2.24, 2.45) is 10.9 Å². The van der Waals surface area contributed by atoms with E-state index < -0.39 is 0 Å². The van der Waals surface area contributed by atoms with Crippen LogP contribution in [0.1, 0.15) is 40.5 Å². The zero-order chi connectivity index (χ0) is 16.2. The van der Waals surface area contributed by atoms with Gasteiger partial charge in [-0.3, -0.25) is 4.99 Å². The first-order valence-electron chi connectivity index (χ1n) is 8.33. The predicted molar refractivity (Wildman–Crippen MR) is 111 cm³/mol. The Bertz CT molecular complexity index is 422. The minimum Gasteiger partial charge on any atom is -0.370 e. The van der Waals surface area contributed by atoms with Crippen LogP contribution in [0.5, 0.6) is 0 Å². The van der Waals surface area contributed by atoms with Crippen molar-refractivity contribution in [1.29, 1.82) is 0 Å². The highest BCUT2D eigenvalue weighted by Crippen LogP contribution is 2.01. The van der Waals surface area contributed by atoms with E-state index in [1.54, 1.807) is 6.20 Å². The van der Waals surface area contributed by atoms with Crippen LogP contribution in [0, 0.1) is 5.92 Å². The molecule has 0 radical (unpaired) electrons. The van der Waals surface area contributed by atoms with Crippen molar-refractivity contribution < 1.29 is 0 Å². The highest BCUT2D eigenvalue weighted by Gasteiger charge is 2.08. The van der Waals surface area contributed by atoms with Crippen molar-refractivity contribution in [3.63, 3.8) is 0 Å². The topological polar surface area (TPSA) is 61.3 Å². The lowest BCUT2D eigenvalue weighted by atomic mass is 10.1. The third kappa shape index (κ3) is 10.4. The highest BCUT2D eigenvalue weighted by molar-refractivity contribution is 14.0. The summed E-state index contributed by atoms with van der Waals surface area (Å²) in [6.45, 7) is 11.4. The number of guanidine groups is 1. The minimum absolute atomic E-state index is 0. The molecule has 5 nitrogen and oxygen atoms in total. The molecule has 6 heteroatoms. The number of aromatic nitrogens is 1. The summed E-state index contributed by atoms with van der Waals surface area (Å²) in [6.07, 6.45) is 3.95. The smallest absolute Gasteiger partial charge is 0.191 e. The van der Waals surface area contributed by atoms with Crippen molar-refractivity contribution in [2.75, 3.05) is 25.0 Å². The van der Waals surface area contributed by atoms with Gasteiger partial charge in [0.25, 0.3) is 0 Å². The van der Waals surface area contributed by atoms with Crippen molar-refractivity contribution in [1.82, 2.24) is 15.6 Å². The second-order valence-electron chi connectivity index (χ2n) is 5.79. The van der Waals surface area contributed by atoms with Gasteiger partial charge in [-0.25, -0.2) is 4.98 Å². The third-order valence-electron chi connectivity index (χ3n) is 3.53. The zero-order valence-corrected chi connectivity index (χ0v) is 17.1. The number of hydrogen-bond acceptors (Lipinski definition) is 3. The van der Waals surface area contributed by atoms with Gasteiger partial charge in [0.1, 0.15) is 5.82 Å². The van der Waals surface area contributed by atoms with Crippen LogP contribution in [-0.4, -0.2) is 36.6 Å². The summed E-state index contributed by atoms with van der Waals surface area (Å²) in [5, 5.41) is 10.1. The third-order valence-corrected chi connectivity index (χ3v) is 3.53. The van der Waals surface area contributed by atoms with Crippen LogP contribution < -0.4 is 16.0 Å². The maximum absolute atomic E-state index is 4.63. The molecule has 1 rings (SSSR count). The fraction of sp³-hybridized carbons (Fsp3) is 0.647. The van der Waals surface area contributed by atoms with Gasteiger partial charge in [-0.1, -0.05) is 19.9 Å². The second-order valence-corrected chi connectivity index (χ2v) is 5.79. The average Bonchev–Trinajstić information content (AvgIpc) is 2.51. The summed E-state index contributed by atoms with van der Waals surface area (Å²) in [4.78, 5) is 8.87. The maximum atomic E-state index is 4.63. The fourth-order valence-electron chi connectivity index (χ4n) is 1.81. The Morgan fingerprint density at radius 3 is 2.61 bits per heavy atom. The lowest BCUT2D eigenvalue weighted by Crippen LogP contribution is -2.44. The molecule has 0 aliphatic carbocycles. The summed E-state index contributed by atoms with van der Waals surface area (Å²) in [6, 6.07) is 6.32. The zero-order valence-electron chi connectivity index (χ0n) is 14.8. The molecule has 0 bridgehead atoms. The first-order valence-corrected chi connectivity index (χ1v) is 8.33. The molecule has 0 saturated carbocycles. The molecule has 0 aliphatic heterocycles. The van der Waals surface area contributed by atoms with Crippen molar-refractivity contribution >= 4 is 35.8 Å². The fourth-order valence-corrected chi connectivity index (χ4v) is 1.81. The number of halogens is 1. The Morgan fingerprint density at radius 1 is 1.22 bits per heavy atom. The van der Waals surface area contributed by atoms with E-state index in [-0.39, 0.29) is 24.0 Å². The molecule has 23 heavy (non-hydrogen) atoms. The van der Waals surface area contributed by atoms with Crippen LogP contribution in [-0.2, 0) is 0 Å². The number of pyridine rings is 1. The van der Waals surface area contributed by atoms with E-state index in [1.165, 1.54) is 0 Å². The van der Waals surface area contributed by atoms with Crippen LogP contribution in [0.15, 0.2) is 29.4 Å². The predicted octanol–water partition coefficient (Wildman–Crippen LogP) is 3.49. The highest BCUT2D eigenvalue weighted by atomic mass is 127. The molecular weight excluding hydrogens is 401 g/mol. The van der Waals surface area contributed by atoms with Crippen LogP contribution in [0.2, 0.25) is 0 Å². The summed E-state index contributed by atoms with van der Waals surface area (Å²) in [5.41, 5.74) is 0. The standard InChI is InChI=1S/C17H31N5.HI/c1-5-18-17(22-15(4)14(2)3)21-13-9-8-12-20-16-10-6-7-11-19-16;/h6-7,10-11,14-15H,5,8-9,12-13H2,1-4H3,(H,19,20)(H2,18,21,22);1H. The van der Waals surface area contributed by atoms with E-state index in [9.17, 15) is 0 Å². The molecule has 1 aromatic heterocycles. The summed E-state index contributed by atoms with van der Waals surface area (Å²) in [5.74, 6) is 2.44. The van der Waals surface area contributed by atoms with Gasteiger partial charge < -0.3 is 16.0 Å². The van der Waals surface area contributed by atoms with E-state index in [2.05, 4.69) is 53.6 Å². The molecule has 0 aliphatic rings. The van der Waals surface area contributed by atoms with Gasteiger partial charge in [0, 0.05) is 31.9 Å². The molecule has 1 aromatic rings. The van der Waals surface area contributed by atoms with E-state index in [0.29, 0.717) is 12.0 Å². The van der Waals surface area contributed by atoms with Gasteiger partial charge >= 0.3 is 0 Å². The van der Waals surface area contributed by atoms with Crippen molar-refractivity contribution in [3.05, 3.63) is 24.4 Å². The monoisotopic (exact) mass is 433 g/mol. The summed E-state index contributed by atoms with van der Waals surface area (Å²) >= 11 is 0. The largest absolute Gasteiger partial charge is 0.370 e. The minimum atomic E-state index is 0. The lowest BCUT2D eigenvalue weighted by molar-refractivity contribution is 0.481. The Balaban J connectivity index is 0.00000484. The molecular formula is C17H32IN5. The van der Waals surface area contributed by atoms with Crippen LogP contribution in [0.4, 0.5) is 5.82 Å². The van der Waals surface area contributed by atoms with Gasteiger partial charge in [-0.15, -0.1) is 24.0 Å². The van der Waals surface area contributed by atoms with E-state index in [1.807, 2.05) is 18.2 Å².